The summed E-state index contributed by atoms with van der Waals surface area (Å²) < 4.78 is 2.19. The lowest BCUT2D eigenvalue weighted by molar-refractivity contribution is 0.0952. The number of hydrogen-bond acceptors (Lipinski definition) is 3. The van der Waals surface area contributed by atoms with Crippen LogP contribution in [0, 0.1) is 13.8 Å². The van der Waals surface area contributed by atoms with Crippen LogP contribution in [0.4, 0.5) is 0 Å². The molecule has 130 valence electrons. The third-order valence-electron chi connectivity index (χ3n) is 4.61. The Hall–Kier alpha value is -3.21. The van der Waals surface area contributed by atoms with Crippen LogP contribution in [0.1, 0.15) is 21.6 Å². The van der Waals surface area contributed by atoms with Gasteiger partial charge in [0, 0.05) is 47.5 Å². The molecule has 26 heavy (non-hydrogen) atoms. The van der Waals surface area contributed by atoms with E-state index in [1.54, 1.807) is 24.5 Å². The van der Waals surface area contributed by atoms with Crippen molar-refractivity contribution in [1.29, 1.82) is 0 Å². The summed E-state index contributed by atoms with van der Waals surface area (Å²) in [5, 5.41) is 5.37. The number of rotatable bonds is 4. The van der Waals surface area contributed by atoms with E-state index in [0.717, 1.165) is 16.9 Å². The highest BCUT2D eigenvalue weighted by molar-refractivity contribution is 6.08. The van der Waals surface area contributed by atoms with Crippen molar-refractivity contribution in [3.05, 3.63) is 71.7 Å². The standard InChI is InChI=1S/C21H20N4O/c1-14-13-15(2)24-20-19(14)17-5-3-4-6-18(17)25(20)12-11-23-21(26)16-7-9-22-10-8-16/h3-10,13H,11-12H2,1-2H3,(H,23,26). The Morgan fingerprint density at radius 3 is 2.69 bits per heavy atom. The van der Waals surface area contributed by atoms with Crippen LogP contribution in [0.25, 0.3) is 21.9 Å². The molecule has 0 radical (unpaired) electrons. The Balaban J connectivity index is 1.66. The number of nitrogens with one attached hydrogen (secondary N) is 1. The SMILES string of the molecule is Cc1cc(C)c2c3ccccc3n(CCNC(=O)c3ccncc3)c2n1. The lowest BCUT2D eigenvalue weighted by atomic mass is 10.1. The summed E-state index contributed by atoms with van der Waals surface area (Å²) >= 11 is 0. The molecule has 0 aliphatic carbocycles. The predicted molar refractivity (Wildman–Crippen MR) is 103 cm³/mol. The summed E-state index contributed by atoms with van der Waals surface area (Å²) in [6.45, 7) is 5.33. The summed E-state index contributed by atoms with van der Waals surface area (Å²) in [5.41, 5.74) is 4.96. The molecule has 1 aromatic carbocycles. The second-order valence-electron chi connectivity index (χ2n) is 6.44. The smallest absolute Gasteiger partial charge is 0.251 e. The molecule has 3 heterocycles. The van der Waals surface area contributed by atoms with Crippen LogP contribution in [0.15, 0.2) is 54.9 Å². The fourth-order valence-corrected chi connectivity index (χ4v) is 3.49. The van der Waals surface area contributed by atoms with Crippen molar-refractivity contribution in [2.45, 2.75) is 20.4 Å². The van der Waals surface area contributed by atoms with Gasteiger partial charge in [-0.2, -0.15) is 0 Å². The van der Waals surface area contributed by atoms with Gasteiger partial charge in [0.15, 0.2) is 0 Å². The summed E-state index contributed by atoms with van der Waals surface area (Å²) in [6.07, 6.45) is 3.24. The Labute approximate surface area is 151 Å². The Morgan fingerprint density at radius 2 is 1.88 bits per heavy atom. The number of carbonyl (C=O) groups excluding carboxylic acids is 1. The van der Waals surface area contributed by atoms with E-state index in [0.29, 0.717) is 18.7 Å². The summed E-state index contributed by atoms with van der Waals surface area (Å²) in [7, 11) is 0. The normalized spacial score (nSPS) is 11.2. The predicted octanol–water partition coefficient (Wildman–Crippen LogP) is 3.63. The fraction of sp³-hybridized carbons (Fsp3) is 0.190. The molecule has 1 N–H and O–H groups in total. The number of hydrogen-bond donors (Lipinski definition) is 1. The molecule has 0 aliphatic rings. The zero-order valence-electron chi connectivity index (χ0n) is 14.9. The van der Waals surface area contributed by atoms with E-state index in [1.165, 1.54) is 16.3 Å². The van der Waals surface area contributed by atoms with Gasteiger partial charge in [-0.05, 0) is 43.7 Å². The number of para-hydroxylation sites is 1. The largest absolute Gasteiger partial charge is 0.350 e. The van der Waals surface area contributed by atoms with Gasteiger partial charge in [0.2, 0.25) is 0 Å². The van der Waals surface area contributed by atoms with E-state index in [2.05, 4.69) is 46.1 Å². The van der Waals surface area contributed by atoms with Crippen LogP contribution in [0.3, 0.4) is 0 Å². The number of nitrogens with zero attached hydrogens (tertiary/aromatic N) is 3. The van der Waals surface area contributed by atoms with Crippen LogP contribution in [0.5, 0.6) is 0 Å². The topological polar surface area (TPSA) is 59.8 Å². The molecule has 0 spiro atoms. The minimum Gasteiger partial charge on any atom is -0.350 e. The molecule has 4 aromatic rings. The fourth-order valence-electron chi connectivity index (χ4n) is 3.49. The first-order chi connectivity index (χ1) is 12.6. The lowest BCUT2D eigenvalue weighted by Gasteiger charge is -2.09. The number of pyridine rings is 2. The minimum atomic E-state index is -0.0894. The third-order valence-corrected chi connectivity index (χ3v) is 4.61. The maximum absolute atomic E-state index is 12.2. The van der Waals surface area contributed by atoms with Gasteiger partial charge >= 0.3 is 0 Å². The monoisotopic (exact) mass is 344 g/mol. The molecule has 0 atom stereocenters. The first-order valence-electron chi connectivity index (χ1n) is 8.68. The molecule has 5 heteroatoms. The molecule has 0 bridgehead atoms. The van der Waals surface area contributed by atoms with Crippen LogP contribution in [-0.2, 0) is 6.54 Å². The molecule has 5 nitrogen and oxygen atoms in total. The van der Waals surface area contributed by atoms with Crippen molar-refractivity contribution in [3.63, 3.8) is 0 Å². The highest BCUT2D eigenvalue weighted by Crippen LogP contribution is 2.30. The molecule has 1 amide bonds. The number of fused-ring (bicyclic) bond motifs is 3. The molecular weight excluding hydrogens is 324 g/mol. The second-order valence-corrected chi connectivity index (χ2v) is 6.44. The van der Waals surface area contributed by atoms with Crippen LogP contribution < -0.4 is 5.32 Å². The molecule has 4 rings (SSSR count). The number of aromatic nitrogens is 3. The van der Waals surface area contributed by atoms with Crippen molar-refractivity contribution in [2.75, 3.05) is 6.54 Å². The van der Waals surface area contributed by atoms with Crippen molar-refractivity contribution in [2.24, 2.45) is 0 Å². The Bertz CT molecular complexity index is 1100. The van der Waals surface area contributed by atoms with Gasteiger partial charge in [0.1, 0.15) is 5.65 Å². The average Bonchev–Trinajstić information content (AvgIpc) is 2.96. The van der Waals surface area contributed by atoms with E-state index in [-0.39, 0.29) is 5.91 Å². The summed E-state index contributed by atoms with van der Waals surface area (Å²) in [6, 6.07) is 13.9. The van der Waals surface area contributed by atoms with E-state index < -0.39 is 0 Å². The maximum atomic E-state index is 12.2. The minimum absolute atomic E-state index is 0.0894. The van der Waals surface area contributed by atoms with Gasteiger partial charge in [-0.1, -0.05) is 18.2 Å². The molecule has 0 unspecified atom stereocenters. The molecular formula is C21H20N4O. The van der Waals surface area contributed by atoms with Crippen molar-refractivity contribution < 1.29 is 4.79 Å². The van der Waals surface area contributed by atoms with Crippen LogP contribution in [0.2, 0.25) is 0 Å². The van der Waals surface area contributed by atoms with E-state index in [9.17, 15) is 4.79 Å². The van der Waals surface area contributed by atoms with Gasteiger partial charge in [-0.3, -0.25) is 9.78 Å². The zero-order valence-corrected chi connectivity index (χ0v) is 14.9. The van der Waals surface area contributed by atoms with E-state index in [4.69, 9.17) is 4.98 Å². The lowest BCUT2D eigenvalue weighted by Crippen LogP contribution is -2.27. The highest BCUT2D eigenvalue weighted by atomic mass is 16.1. The molecule has 0 saturated heterocycles. The van der Waals surface area contributed by atoms with Gasteiger partial charge in [0.05, 0.1) is 5.52 Å². The summed E-state index contributed by atoms with van der Waals surface area (Å²) in [4.78, 5) is 21.0. The zero-order chi connectivity index (χ0) is 18.1. The molecule has 0 saturated carbocycles. The molecule has 0 fully saturated rings. The van der Waals surface area contributed by atoms with Crippen LogP contribution in [-0.4, -0.2) is 27.0 Å². The number of amides is 1. The third kappa shape index (κ3) is 2.81. The van der Waals surface area contributed by atoms with E-state index >= 15 is 0 Å². The quantitative estimate of drug-likeness (QED) is 0.615. The van der Waals surface area contributed by atoms with Gasteiger partial charge < -0.3 is 9.88 Å². The van der Waals surface area contributed by atoms with Crippen molar-refractivity contribution in [3.8, 4) is 0 Å². The second kappa shape index (κ2) is 6.59. The summed E-state index contributed by atoms with van der Waals surface area (Å²) in [5.74, 6) is -0.0894. The molecule has 0 aliphatic heterocycles. The Kier molecular flexibility index (Phi) is 4.13. The maximum Gasteiger partial charge on any atom is 0.251 e. The Morgan fingerprint density at radius 1 is 1.12 bits per heavy atom. The number of aryl methyl sites for hydroxylation is 2. The number of benzene rings is 1. The van der Waals surface area contributed by atoms with Crippen molar-refractivity contribution in [1.82, 2.24) is 19.9 Å². The van der Waals surface area contributed by atoms with Crippen molar-refractivity contribution >= 4 is 27.8 Å². The van der Waals surface area contributed by atoms with E-state index in [1.807, 2.05) is 13.0 Å². The first kappa shape index (κ1) is 16.3. The number of carbonyl (C=O) groups is 1. The van der Waals surface area contributed by atoms with Gasteiger partial charge in [-0.25, -0.2) is 4.98 Å². The van der Waals surface area contributed by atoms with Gasteiger partial charge in [-0.15, -0.1) is 0 Å². The first-order valence-corrected chi connectivity index (χ1v) is 8.68. The van der Waals surface area contributed by atoms with Crippen LogP contribution >= 0.6 is 0 Å². The van der Waals surface area contributed by atoms with Gasteiger partial charge in [0.25, 0.3) is 5.91 Å². The molecule has 3 aromatic heterocycles. The highest BCUT2D eigenvalue weighted by Gasteiger charge is 2.14. The average molecular weight is 344 g/mol.